The lowest BCUT2D eigenvalue weighted by Gasteiger charge is -2.11. The second kappa shape index (κ2) is 5.34. The largest absolute Gasteiger partial charge is 0.468 e. The van der Waals surface area contributed by atoms with E-state index in [-0.39, 0.29) is 11.9 Å². The minimum atomic E-state index is -0.256. The standard InChI is InChI=1S/C13H13ClFNO/c1-9(13-3-2-6-17-13)16-8-10-7-11(14)4-5-12(10)15/h2-7,9,16H,8H2,1H3/t9-/m1/s1. The Hall–Kier alpha value is -1.32. The smallest absolute Gasteiger partial charge is 0.127 e. The fourth-order valence-electron chi connectivity index (χ4n) is 1.58. The molecule has 0 spiro atoms. The van der Waals surface area contributed by atoms with E-state index in [1.165, 1.54) is 12.1 Å². The zero-order valence-corrected chi connectivity index (χ0v) is 10.2. The number of benzene rings is 1. The molecule has 2 nitrogen and oxygen atoms in total. The summed E-state index contributed by atoms with van der Waals surface area (Å²) in [7, 11) is 0. The molecule has 0 bridgehead atoms. The van der Waals surface area contributed by atoms with E-state index in [0.29, 0.717) is 17.1 Å². The highest BCUT2D eigenvalue weighted by Gasteiger charge is 2.09. The van der Waals surface area contributed by atoms with Gasteiger partial charge >= 0.3 is 0 Å². The maximum Gasteiger partial charge on any atom is 0.127 e. The van der Waals surface area contributed by atoms with Crippen molar-refractivity contribution in [1.82, 2.24) is 5.32 Å². The Morgan fingerprint density at radius 3 is 2.94 bits per heavy atom. The van der Waals surface area contributed by atoms with Gasteiger partial charge in [0.25, 0.3) is 0 Å². The van der Waals surface area contributed by atoms with Gasteiger partial charge in [0.1, 0.15) is 11.6 Å². The Kier molecular flexibility index (Phi) is 3.82. The van der Waals surface area contributed by atoms with Crippen LogP contribution < -0.4 is 5.32 Å². The van der Waals surface area contributed by atoms with Gasteiger partial charge < -0.3 is 9.73 Å². The van der Waals surface area contributed by atoms with Gasteiger partial charge in [-0.05, 0) is 37.3 Å². The Morgan fingerprint density at radius 1 is 1.41 bits per heavy atom. The van der Waals surface area contributed by atoms with Gasteiger partial charge in [-0.15, -0.1) is 0 Å². The lowest BCUT2D eigenvalue weighted by Crippen LogP contribution is -2.18. The third-order valence-electron chi connectivity index (χ3n) is 2.58. The predicted molar refractivity (Wildman–Crippen MR) is 65.4 cm³/mol. The van der Waals surface area contributed by atoms with Gasteiger partial charge in [0, 0.05) is 17.1 Å². The molecule has 4 heteroatoms. The molecule has 0 radical (unpaired) electrons. The molecule has 1 aromatic heterocycles. The van der Waals surface area contributed by atoms with Crippen LogP contribution in [0.3, 0.4) is 0 Å². The van der Waals surface area contributed by atoms with E-state index >= 15 is 0 Å². The van der Waals surface area contributed by atoms with Gasteiger partial charge in [-0.1, -0.05) is 11.6 Å². The summed E-state index contributed by atoms with van der Waals surface area (Å²) >= 11 is 5.82. The molecule has 0 saturated heterocycles. The molecule has 0 saturated carbocycles. The van der Waals surface area contributed by atoms with E-state index in [1.54, 1.807) is 12.3 Å². The van der Waals surface area contributed by atoms with Crippen LogP contribution in [-0.2, 0) is 6.54 Å². The highest BCUT2D eigenvalue weighted by Crippen LogP contribution is 2.17. The van der Waals surface area contributed by atoms with Gasteiger partial charge in [-0.2, -0.15) is 0 Å². The Labute approximate surface area is 104 Å². The van der Waals surface area contributed by atoms with Gasteiger partial charge in [-0.25, -0.2) is 4.39 Å². The molecular formula is C13H13ClFNO. The number of rotatable bonds is 4. The minimum absolute atomic E-state index is 0.0309. The number of halogens is 2. The summed E-state index contributed by atoms with van der Waals surface area (Å²) in [5.74, 6) is 0.570. The normalized spacial score (nSPS) is 12.6. The first-order valence-electron chi connectivity index (χ1n) is 5.37. The second-order valence-electron chi connectivity index (χ2n) is 3.85. The monoisotopic (exact) mass is 253 g/mol. The first-order valence-corrected chi connectivity index (χ1v) is 5.75. The fourth-order valence-corrected chi connectivity index (χ4v) is 1.77. The molecule has 1 heterocycles. The van der Waals surface area contributed by atoms with E-state index in [2.05, 4.69) is 5.32 Å². The molecular weight excluding hydrogens is 241 g/mol. The molecule has 0 aliphatic rings. The third kappa shape index (κ3) is 3.08. The fraction of sp³-hybridized carbons (Fsp3) is 0.231. The van der Waals surface area contributed by atoms with Crippen LogP contribution in [-0.4, -0.2) is 0 Å². The first kappa shape index (κ1) is 12.1. The van der Waals surface area contributed by atoms with E-state index in [1.807, 2.05) is 19.1 Å². The third-order valence-corrected chi connectivity index (χ3v) is 2.81. The minimum Gasteiger partial charge on any atom is -0.468 e. The summed E-state index contributed by atoms with van der Waals surface area (Å²) in [6.45, 7) is 2.37. The van der Waals surface area contributed by atoms with Crippen LogP contribution in [0.1, 0.15) is 24.3 Å². The zero-order chi connectivity index (χ0) is 12.3. The molecule has 90 valence electrons. The molecule has 17 heavy (non-hydrogen) atoms. The Balaban J connectivity index is 2.00. The van der Waals surface area contributed by atoms with Crippen molar-refractivity contribution in [3.05, 3.63) is 58.8 Å². The van der Waals surface area contributed by atoms with Crippen molar-refractivity contribution in [2.24, 2.45) is 0 Å². The van der Waals surface area contributed by atoms with Gasteiger partial charge in [0.05, 0.1) is 12.3 Å². The summed E-state index contributed by atoms with van der Waals surface area (Å²) in [6.07, 6.45) is 1.62. The van der Waals surface area contributed by atoms with E-state index < -0.39 is 0 Å². The van der Waals surface area contributed by atoms with Gasteiger partial charge in [0.2, 0.25) is 0 Å². The summed E-state index contributed by atoms with van der Waals surface area (Å²) in [6, 6.07) is 8.27. The van der Waals surface area contributed by atoms with Crippen LogP contribution in [0.25, 0.3) is 0 Å². The van der Waals surface area contributed by atoms with Crippen molar-refractivity contribution in [3.8, 4) is 0 Å². The Bertz CT molecular complexity index is 484. The molecule has 0 aliphatic carbocycles. The summed E-state index contributed by atoms with van der Waals surface area (Å²) in [5, 5.41) is 3.71. The number of hydrogen-bond acceptors (Lipinski definition) is 2. The number of nitrogens with one attached hydrogen (secondary N) is 1. The molecule has 0 fully saturated rings. The lowest BCUT2D eigenvalue weighted by molar-refractivity contribution is 0.427. The van der Waals surface area contributed by atoms with Crippen molar-refractivity contribution >= 4 is 11.6 Å². The van der Waals surface area contributed by atoms with E-state index in [0.717, 1.165) is 5.76 Å². The number of furan rings is 1. The average Bonchev–Trinajstić information content (AvgIpc) is 2.83. The SMILES string of the molecule is C[C@@H](NCc1cc(Cl)ccc1F)c1ccco1. The first-order chi connectivity index (χ1) is 8.16. The van der Waals surface area contributed by atoms with Crippen LogP contribution in [0.15, 0.2) is 41.0 Å². The lowest BCUT2D eigenvalue weighted by atomic mass is 10.2. The summed E-state index contributed by atoms with van der Waals surface area (Å²) < 4.78 is 18.7. The molecule has 0 amide bonds. The molecule has 1 aromatic carbocycles. The van der Waals surface area contributed by atoms with Gasteiger partial charge in [0.15, 0.2) is 0 Å². The highest BCUT2D eigenvalue weighted by molar-refractivity contribution is 6.30. The Morgan fingerprint density at radius 2 is 2.24 bits per heavy atom. The summed E-state index contributed by atoms with van der Waals surface area (Å²) in [5.41, 5.74) is 0.552. The predicted octanol–water partition coefficient (Wildman–Crippen LogP) is 3.92. The van der Waals surface area contributed by atoms with Crippen LogP contribution >= 0.6 is 11.6 Å². The van der Waals surface area contributed by atoms with Crippen LogP contribution in [0.4, 0.5) is 4.39 Å². The van der Waals surface area contributed by atoms with Crippen LogP contribution in [0.2, 0.25) is 5.02 Å². The zero-order valence-electron chi connectivity index (χ0n) is 9.41. The maximum atomic E-state index is 13.4. The van der Waals surface area contributed by atoms with Crippen molar-refractivity contribution in [2.75, 3.05) is 0 Å². The van der Waals surface area contributed by atoms with Crippen LogP contribution in [0, 0.1) is 5.82 Å². The highest BCUT2D eigenvalue weighted by atomic mass is 35.5. The molecule has 2 rings (SSSR count). The van der Waals surface area contributed by atoms with E-state index in [4.69, 9.17) is 16.0 Å². The number of hydrogen-bond donors (Lipinski definition) is 1. The molecule has 0 unspecified atom stereocenters. The molecule has 1 atom stereocenters. The van der Waals surface area contributed by atoms with Crippen molar-refractivity contribution in [2.45, 2.75) is 19.5 Å². The average molecular weight is 254 g/mol. The second-order valence-corrected chi connectivity index (χ2v) is 4.29. The van der Waals surface area contributed by atoms with Crippen molar-refractivity contribution < 1.29 is 8.81 Å². The quantitative estimate of drug-likeness (QED) is 0.893. The van der Waals surface area contributed by atoms with E-state index in [9.17, 15) is 4.39 Å². The van der Waals surface area contributed by atoms with Crippen molar-refractivity contribution in [1.29, 1.82) is 0 Å². The van der Waals surface area contributed by atoms with Crippen LogP contribution in [0.5, 0.6) is 0 Å². The van der Waals surface area contributed by atoms with Gasteiger partial charge in [-0.3, -0.25) is 0 Å². The molecule has 0 aliphatic heterocycles. The maximum absolute atomic E-state index is 13.4. The molecule has 2 aromatic rings. The summed E-state index contributed by atoms with van der Waals surface area (Å²) in [4.78, 5) is 0. The molecule has 1 N–H and O–H groups in total. The topological polar surface area (TPSA) is 25.2 Å². The van der Waals surface area contributed by atoms with Crippen molar-refractivity contribution in [3.63, 3.8) is 0 Å².